The molecule has 1 saturated heterocycles. The molecule has 5 nitrogen and oxygen atoms in total. The minimum Gasteiger partial charge on any atom is -0.341 e. The minimum atomic E-state index is -2.91. The molecule has 0 spiro atoms. The number of nitrogens with one attached hydrogen (secondary N) is 1. The summed E-state index contributed by atoms with van der Waals surface area (Å²) in [6.07, 6.45) is 3.10. The van der Waals surface area contributed by atoms with Gasteiger partial charge in [0.15, 0.2) is 9.84 Å². The largest absolute Gasteiger partial charge is 0.341 e. The van der Waals surface area contributed by atoms with E-state index in [1.165, 1.54) is 12.8 Å². The SMILES string of the molecule is CN(C(=O)CNCC1CC1)C1CCS(=O)(=O)C1.Cl. The Morgan fingerprint density at radius 1 is 1.33 bits per heavy atom. The quantitative estimate of drug-likeness (QED) is 0.779. The number of amides is 1. The van der Waals surface area contributed by atoms with Crippen LogP contribution in [0.25, 0.3) is 0 Å². The Morgan fingerprint density at radius 3 is 2.50 bits per heavy atom. The average Bonchev–Trinajstić information content (AvgIpc) is 3.01. The number of nitrogens with zero attached hydrogens (tertiary/aromatic N) is 1. The molecule has 1 unspecified atom stereocenters. The molecule has 2 rings (SSSR count). The van der Waals surface area contributed by atoms with E-state index in [9.17, 15) is 13.2 Å². The molecular weight excluding hydrogens is 276 g/mol. The Balaban J connectivity index is 0.00000162. The highest BCUT2D eigenvalue weighted by molar-refractivity contribution is 7.91. The second-order valence-corrected chi connectivity index (χ2v) is 7.36. The van der Waals surface area contributed by atoms with E-state index >= 15 is 0 Å². The molecule has 0 radical (unpaired) electrons. The highest BCUT2D eigenvalue weighted by Gasteiger charge is 2.32. The molecule has 0 aromatic carbocycles. The first-order chi connectivity index (χ1) is 7.98. The van der Waals surface area contributed by atoms with E-state index in [1.807, 2.05) is 0 Å². The molecule has 1 amide bonds. The van der Waals surface area contributed by atoms with Gasteiger partial charge in [-0.3, -0.25) is 4.79 Å². The highest BCUT2D eigenvalue weighted by Crippen LogP contribution is 2.27. The van der Waals surface area contributed by atoms with Crippen LogP contribution in [0.3, 0.4) is 0 Å². The van der Waals surface area contributed by atoms with Crippen molar-refractivity contribution in [2.75, 3.05) is 31.6 Å². The lowest BCUT2D eigenvalue weighted by Crippen LogP contribution is -2.42. The monoisotopic (exact) mass is 296 g/mol. The number of hydrogen-bond donors (Lipinski definition) is 1. The second kappa shape index (κ2) is 6.21. The van der Waals surface area contributed by atoms with Gasteiger partial charge >= 0.3 is 0 Å². The third kappa shape index (κ3) is 4.40. The van der Waals surface area contributed by atoms with Gasteiger partial charge < -0.3 is 10.2 Å². The van der Waals surface area contributed by atoms with Crippen LogP contribution in [-0.2, 0) is 14.6 Å². The van der Waals surface area contributed by atoms with Crippen molar-refractivity contribution in [3.05, 3.63) is 0 Å². The summed E-state index contributed by atoms with van der Waals surface area (Å²) < 4.78 is 22.7. The van der Waals surface area contributed by atoms with Gasteiger partial charge in [0.1, 0.15) is 0 Å². The Bertz CT molecular complexity index is 395. The van der Waals surface area contributed by atoms with Crippen molar-refractivity contribution >= 4 is 28.2 Å². The number of carbonyl (C=O) groups is 1. The van der Waals surface area contributed by atoms with E-state index in [-0.39, 0.29) is 35.9 Å². The number of halogens is 1. The van der Waals surface area contributed by atoms with Gasteiger partial charge in [-0.25, -0.2) is 8.42 Å². The maximum absolute atomic E-state index is 11.8. The summed E-state index contributed by atoms with van der Waals surface area (Å²) in [6.45, 7) is 1.23. The molecule has 1 heterocycles. The summed E-state index contributed by atoms with van der Waals surface area (Å²) >= 11 is 0. The van der Waals surface area contributed by atoms with Crippen LogP contribution >= 0.6 is 12.4 Å². The number of carbonyl (C=O) groups excluding carboxylic acids is 1. The molecule has 1 aliphatic heterocycles. The van der Waals surface area contributed by atoms with Crippen LogP contribution in [0.4, 0.5) is 0 Å². The fourth-order valence-electron chi connectivity index (χ4n) is 2.11. The smallest absolute Gasteiger partial charge is 0.236 e. The molecule has 7 heteroatoms. The first-order valence-corrected chi connectivity index (χ1v) is 7.97. The number of rotatable bonds is 5. The van der Waals surface area contributed by atoms with E-state index in [1.54, 1.807) is 11.9 Å². The molecule has 18 heavy (non-hydrogen) atoms. The fraction of sp³-hybridized carbons (Fsp3) is 0.909. The summed E-state index contributed by atoms with van der Waals surface area (Å²) in [5.41, 5.74) is 0. The van der Waals surface area contributed by atoms with Gasteiger partial charge in [-0.15, -0.1) is 12.4 Å². The predicted octanol–water partition coefficient (Wildman–Crippen LogP) is 0.0533. The molecule has 2 aliphatic rings. The third-order valence-corrected chi connectivity index (χ3v) is 5.31. The summed E-state index contributed by atoms with van der Waals surface area (Å²) in [4.78, 5) is 13.4. The van der Waals surface area contributed by atoms with Crippen LogP contribution in [0.15, 0.2) is 0 Å². The standard InChI is InChI=1S/C11H20N2O3S.ClH/c1-13(10-4-5-17(15,16)8-10)11(14)7-12-6-9-2-3-9;/h9-10,12H,2-8H2,1H3;1H. The number of sulfone groups is 1. The fourth-order valence-corrected chi connectivity index (χ4v) is 3.89. The average molecular weight is 297 g/mol. The zero-order valence-corrected chi connectivity index (χ0v) is 12.2. The van der Waals surface area contributed by atoms with Crippen molar-refractivity contribution in [1.82, 2.24) is 10.2 Å². The highest BCUT2D eigenvalue weighted by atomic mass is 35.5. The molecular formula is C11H21ClN2O3S. The van der Waals surface area contributed by atoms with Gasteiger partial charge in [0.25, 0.3) is 0 Å². The molecule has 1 atom stereocenters. The molecule has 0 aromatic rings. The third-order valence-electron chi connectivity index (χ3n) is 3.56. The Kier molecular flexibility index (Phi) is 5.43. The van der Waals surface area contributed by atoms with Gasteiger partial charge in [0.05, 0.1) is 18.1 Å². The van der Waals surface area contributed by atoms with Crippen molar-refractivity contribution in [2.24, 2.45) is 5.92 Å². The van der Waals surface area contributed by atoms with Gasteiger partial charge in [0, 0.05) is 13.1 Å². The van der Waals surface area contributed by atoms with Crippen molar-refractivity contribution < 1.29 is 13.2 Å². The number of hydrogen-bond acceptors (Lipinski definition) is 4. The molecule has 106 valence electrons. The van der Waals surface area contributed by atoms with Gasteiger partial charge in [-0.2, -0.15) is 0 Å². The maximum atomic E-state index is 11.8. The van der Waals surface area contributed by atoms with Crippen LogP contribution in [-0.4, -0.2) is 56.9 Å². The van der Waals surface area contributed by atoms with Crippen LogP contribution in [0.5, 0.6) is 0 Å². The van der Waals surface area contributed by atoms with Gasteiger partial charge in [-0.05, 0) is 31.7 Å². The van der Waals surface area contributed by atoms with Crippen LogP contribution < -0.4 is 5.32 Å². The zero-order valence-electron chi connectivity index (χ0n) is 10.6. The summed E-state index contributed by atoms with van der Waals surface area (Å²) in [7, 11) is -1.21. The van der Waals surface area contributed by atoms with Crippen LogP contribution in [0, 0.1) is 5.92 Å². The molecule has 1 aliphatic carbocycles. The van der Waals surface area contributed by atoms with Gasteiger partial charge in [-0.1, -0.05) is 0 Å². The molecule has 2 fully saturated rings. The normalized spacial score (nSPS) is 25.5. The summed E-state index contributed by atoms with van der Waals surface area (Å²) in [5, 5.41) is 3.13. The van der Waals surface area contributed by atoms with Crippen molar-refractivity contribution in [3.63, 3.8) is 0 Å². The lowest BCUT2D eigenvalue weighted by molar-refractivity contribution is -0.130. The van der Waals surface area contributed by atoms with E-state index in [4.69, 9.17) is 0 Å². The topological polar surface area (TPSA) is 66.5 Å². The number of likely N-dealkylation sites (N-methyl/N-ethyl adjacent to an activating group) is 1. The summed E-state index contributed by atoms with van der Waals surface area (Å²) in [5.74, 6) is 1.08. The first kappa shape index (κ1) is 15.7. The Hall–Kier alpha value is -0.330. The van der Waals surface area contributed by atoms with Gasteiger partial charge in [0.2, 0.25) is 5.91 Å². The first-order valence-electron chi connectivity index (χ1n) is 6.15. The van der Waals surface area contributed by atoms with Crippen molar-refractivity contribution in [2.45, 2.75) is 25.3 Å². The molecule has 1 saturated carbocycles. The predicted molar refractivity (Wildman–Crippen MR) is 72.7 cm³/mol. The lowest BCUT2D eigenvalue weighted by atomic mass is 10.2. The zero-order chi connectivity index (χ0) is 12.5. The maximum Gasteiger partial charge on any atom is 0.236 e. The van der Waals surface area contributed by atoms with E-state index < -0.39 is 9.84 Å². The minimum absolute atomic E-state index is 0. The lowest BCUT2D eigenvalue weighted by Gasteiger charge is -2.23. The van der Waals surface area contributed by atoms with E-state index in [0.29, 0.717) is 13.0 Å². The molecule has 1 N–H and O–H groups in total. The Morgan fingerprint density at radius 2 is 2.00 bits per heavy atom. The van der Waals surface area contributed by atoms with Crippen molar-refractivity contribution in [1.29, 1.82) is 0 Å². The molecule has 0 bridgehead atoms. The van der Waals surface area contributed by atoms with E-state index in [0.717, 1.165) is 12.5 Å². The van der Waals surface area contributed by atoms with E-state index in [2.05, 4.69) is 5.32 Å². The molecule has 0 aromatic heterocycles. The van der Waals surface area contributed by atoms with Crippen molar-refractivity contribution in [3.8, 4) is 0 Å². The summed E-state index contributed by atoms with van der Waals surface area (Å²) in [6, 6.07) is -0.129. The van der Waals surface area contributed by atoms with Crippen LogP contribution in [0.2, 0.25) is 0 Å². The second-order valence-electron chi connectivity index (χ2n) is 5.14. The Labute approximate surface area is 115 Å². The van der Waals surface area contributed by atoms with Crippen LogP contribution in [0.1, 0.15) is 19.3 Å².